The third-order valence-corrected chi connectivity index (χ3v) is 3.74. The summed E-state index contributed by atoms with van der Waals surface area (Å²) in [6.07, 6.45) is 4.27. The highest BCUT2D eigenvalue weighted by Gasteiger charge is 2.29. The number of hydrogen-bond acceptors (Lipinski definition) is 4. The molecule has 0 bridgehead atoms. The molecule has 1 aliphatic rings. The van der Waals surface area contributed by atoms with Gasteiger partial charge in [-0.3, -0.25) is 14.8 Å². The molecule has 0 radical (unpaired) electrons. The van der Waals surface area contributed by atoms with Crippen molar-refractivity contribution in [2.45, 2.75) is 12.5 Å². The second-order valence-electron chi connectivity index (χ2n) is 4.63. The van der Waals surface area contributed by atoms with Gasteiger partial charge in [0.2, 0.25) is 5.91 Å². The number of rotatable bonds is 2. The van der Waals surface area contributed by atoms with Crippen molar-refractivity contribution >= 4 is 38.6 Å². The first-order chi connectivity index (χ1) is 9.15. The van der Waals surface area contributed by atoms with Crippen LogP contribution in [0.2, 0.25) is 0 Å². The van der Waals surface area contributed by atoms with E-state index >= 15 is 0 Å². The first-order valence-corrected chi connectivity index (χ1v) is 6.86. The Hall–Kier alpha value is -1.69. The molecule has 1 aliphatic heterocycles. The maximum absolute atomic E-state index is 11.9. The van der Waals surface area contributed by atoms with Gasteiger partial charge in [0.25, 0.3) is 0 Å². The second kappa shape index (κ2) is 4.77. The van der Waals surface area contributed by atoms with E-state index < -0.39 is 0 Å². The summed E-state index contributed by atoms with van der Waals surface area (Å²) in [4.78, 5) is 22.3. The highest BCUT2D eigenvalue weighted by atomic mass is 79.9. The highest BCUT2D eigenvalue weighted by molar-refractivity contribution is 9.10. The number of carbonyl (C=O) groups excluding carboxylic acids is 1. The molecule has 19 heavy (non-hydrogen) atoms. The summed E-state index contributed by atoms with van der Waals surface area (Å²) in [7, 11) is 1.82. The number of hydrogen-bond donors (Lipinski definition) is 1. The van der Waals surface area contributed by atoms with E-state index in [4.69, 9.17) is 0 Å². The number of likely N-dealkylation sites (tertiary alicyclic amines) is 1. The molecule has 0 saturated carbocycles. The number of likely N-dealkylation sites (N-methyl/N-ethyl adjacent to an activating group) is 1. The fourth-order valence-corrected chi connectivity index (χ4v) is 2.59. The van der Waals surface area contributed by atoms with E-state index in [-0.39, 0.29) is 11.9 Å². The van der Waals surface area contributed by atoms with Crippen LogP contribution in [0.1, 0.15) is 6.42 Å². The Kier molecular flexibility index (Phi) is 3.10. The molecule has 2 aromatic heterocycles. The lowest BCUT2D eigenvalue weighted by atomic mass is 10.2. The van der Waals surface area contributed by atoms with Gasteiger partial charge in [-0.1, -0.05) is 0 Å². The summed E-state index contributed by atoms with van der Waals surface area (Å²) in [6, 6.07) is 3.60. The van der Waals surface area contributed by atoms with Gasteiger partial charge in [-0.25, -0.2) is 0 Å². The summed E-state index contributed by atoms with van der Waals surface area (Å²) in [5, 5.41) is 3.27. The molecular weight excluding hydrogens is 308 g/mol. The molecule has 1 amide bonds. The lowest BCUT2D eigenvalue weighted by Gasteiger charge is -2.14. The molecule has 98 valence electrons. The molecule has 3 heterocycles. The quantitative estimate of drug-likeness (QED) is 0.920. The van der Waals surface area contributed by atoms with E-state index in [0.717, 1.165) is 34.2 Å². The molecule has 5 nitrogen and oxygen atoms in total. The monoisotopic (exact) mass is 320 g/mol. The van der Waals surface area contributed by atoms with Crippen LogP contribution in [-0.2, 0) is 4.79 Å². The Morgan fingerprint density at radius 1 is 1.47 bits per heavy atom. The summed E-state index contributed by atoms with van der Waals surface area (Å²) >= 11 is 3.38. The average Bonchev–Trinajstić information content (AvgIpc) is 2.71. The number of nitrogens with zero attached hydrogens (tertiary/aromatic N) is 3. The van der Waals surface area contributed by atoms with Gasteiger partial charge in [0, 0.05) is 30.5 Å². The van der Waals surface area contributed by atoms with Crippen LogP contribution in [0.25, 0.3) is 11.0 Å². The zero-order valence-electron chi connectivity index (χ0n) is 10.4. The van der Waals surface area contributed by atoms with Gasteiger partial charge in [-0.15, -0.1) is 0 Å². The minimum Gasteiger partial charge on any atom is -0.372 e. The van der Waals surface area contributed by atoms with Gasteiger partial charge in [-0.05, 0) is 34.5 Å². The fraction of sp³-hybridized carbons (Fsp3) is 0.308. The third-order valence-electron chi connectivity index (χ3n) is 3.30. The van der Waals surface area contributed by atoms with Crippen molar-refractivity contribution in [3.8, 4) is 0 Å². The number of halogens is 1. The van der Waals surface area contributed by atoms with Crippen molar-refractivity contribution in [3.05, 3.63) is 29.0 Å². The molecule has 6 heteroatoms. The first kappa shape index (κ1) is 12.3. The number of amides is 1. The third kappa shape index (κ3) is 2.28. The van der Waals surface area contributed by atoms with Crippen molar-refractivity contribution in [2.75, 3.05) is 18.9 Å². The van der Waals surface area contributed by atoms with Crippen LogP contribution < -0.4 is 5.32 Å². The largest absolute Gasteiger partial charge is 0.372 e. The smallest absolute Gasteiger partial charge is 0.244 e. The van der Waals surface area contributed by atoms with Crippen LogP contribution in [0, 0.1) is 0 Å². The van der Waals surface area contributed by atoms with Crippen LogP contribution in [0.4, 0.5) is 5.69 Å². The Balaban J connectivity index is 1.95. The summed E-state index contributed by atoms with van der Waals surface area (Å²) in [6.45, 7) is 0.790. The average molecular weight is 321 g/mol. The van der Waals surface area contributed by atoms with Gasteiger partial charge < -0.3 is 10.2 Å². The van der Waals surface area contributed by atoms with Crippen molar-refractivity contribution in [2.24, 2.45) is 0 Å². The molecule has 1 unspecified atom stereocenters. The maximum atomic E-state index is 11.9. The van der Waals surface area contributed by atoms with Crippen molar-refractivity contribution in [1.29, 1.82) is 0 Å². The fourth-order valence-electron chi connectivity index (χ4n) is 2.27. The molecule has 1 fully saturated rings. The van der Waals surface area contributed by atoms with E-state index in [2.05, 4.69) is 31.2 Å². The minimum absolute atomic E-state index is 0.127. The molecule has 0 spiro atoms. The summed E-state index contributed by atoms with van der Waals surface area (Å²) < 4.78 is 0.890. The van der Waals surface area contributed by atoms with E-state index in [1.807, 2.05) is 19.2 Å². The van der Waals surface area contributed by atoms with E-state index in [0.29, 0.717) is 0 Å². The summed E-state index contributed by atoms with van der Waals surface area (Å²) in [5.74, 6) is 0.127. The molecule has 3 rings (SSSR count). The van der Waals surface area contributed by atoms with Gasteiger partial charge in [0.15, 0.2) is 0 Å². The van der Waals surface area contributed by atoms with Crippen molar-refractivity contribution in [1.82, 2.24) is 14.9 Å². The number of nitrogens with one attached hydrogen (secondary N) is 1. The molecule has 0 aliphatic carbocycles. The van der Waals surface area contributed by atoms with Gasteiger partial charge >= 0.3 is 0 Å². The van der Waals surface area contributed by atoms with Gasteiger partial charge in [0.1, 0.15) is 11.6 Å². The van der Waals surface area contributed by atoms with Gasteiger partial charge in [-0.2, -0.15) is 0 Å². The zero-order chi connectivity index (χ0) is 13.4. The normalized spacial score (nSPS) is 19.2. The second-order valence-corrected chi connectivity index (χ2v) is 5.54. The van der Waals surface area contributed by atoms with Crippen LogP contribution in [0.5, 0.6) is 0 Å². The van der Waals surface area contributed by atoms with Crippen LogP contribution in [-0.4, -0.2) is 40.4 Å². The SMILES string of the molecule is CN1CCC(Nc2ccnc3cc(Br)cnc23)C1=O. The minimum atomic E-state index is -0.166. The molecular formula is C13H13BrN4O. The Morgan fingerprint density at radius 3 is 3.05 bits per heavy atom. The number of pyridine rings is 2. The van der Waals surface area contributed by atoms with E-state index in [1.54, 1.807) is 17.3 Å². The van der Waals surface area contributed by atoms with E-state index in [9.17, 15) is 4.79 Å². The topological polar surface area (TPSA) is 58.1 Å². The molecule has 1 N–H and O–H groups in total. The number of fused-ring (bicyclic) bond motifs is 1. The van der Waals surface area contributed by atoms with Crippen LogP contribution in [0.3, 0.4) is 0 Å². The number of anilines is 1. The Bertz CT molecular complexity index is 646. The molecule has 1 saturated heterocycles. The van der Waals surface area contributed by atoms with Crippen molar-refractivity contribution < 1.29 is 4.79 Å². The van der Waals surface area contributed by atoms with Gasteiger partial charge in [0.05, 0.1) is 11.2 Å². The Labute approximate surface area is 119 Å². The molecule has 1 atom stereocenters. The van der Waals surface area contributed by atoms with E-state index in [1.165, 1.54) is 0 Å². The highest BCUT2D eigenvalue weighted by Crippen LogP contribution is 2.24. The standard InChI is InChI=1S/C13H13BrN4O/c1-18-5-3-10(13(18)19)17-9-2-4-15-11-6-8(14)7-16-12(9)11/h2,4,6-7,10H,3,5H2,1H3,(H,15,17). The van der Waals surface area contributed by atoms with Crippen LogP contribution >= 0.6 is 15.9 Å². The van der Waals surface area contributed by atoms with Crippen molar-refractivity contribution in [3.63, 3.8) is 0 Å². The number of carbonyl (C=O) groups is 1. The predicted octanol–water partition coefficient (Wildman–Crippen LogP) is 2.03. The molecule has 0 aromatic carbocycles. The first-order valence-electron chi connectivity index (χ1n) is 6.07. The predicted molar refractivity (Wildman–Crippen MR) is 76.9 cm³/mol. The lowest BCUT2D eigenvalue weighted by molar-refractivity contribution is -0.127. The summed E-state index contributed by atoms with van der Waals surface area (Å²) in [5.41, 5.74) is 2.44. The zero-order valence-corrected chi connectivity index (χ0v) is 12.0. The Morgan fingerprint density at radius 2 is 2.32 bits per heavy atom. The lowest BCUT2D eigenvalue weighted by Crippen LogP contribution is -2.31. The van der Waals surface area contributed by atoms with Crippen LogP contribution in [0.15, 0.2) is 29.0 Å². The molecule has 2 aromatic rings. The number of aromatic nitrogens is 2. The maximum Gasteiger partial charge on any atom is 0.244 e.